The lowest BCUT2D eigenvalue weighted by molar-refractivity contribution is -0.385. The molecule has 166 valence electrons. The molecule has 2 aromatic carbocycles. The molecular formula is C20H17Br2N5O5. The summed E-state index contributed by atoms with van der Waals surface area (Å²) in [4.78, 5) is 39.4. The highest BCUT2D eigenvalue weighted by Crippen LogP contribution is 2.36. The molecule has 0 radical (unpaired) electrons. The number of nitrogens with zero attached hydrogens (tertiary/aromatic N) is 4. The Morgan fingerprint density at radius 1 is 1.34 bits per heavy atom. The van der Waals surface area contributed by atoms with Crippen molar-refractivity contribution in [3.05, 3.63) is 71.1 Å². The summed E-state index contributed by atoms with van der Waals surface area (Å²) in [6, 6.07) is 7.96. The van der Waals surface area contributed by atoms with E-state index in [0.717, 1.165) is 10.9 Å². The van der Waals surface area contributed by atoms with Crippen molar-refractivity contribution in [2.45, 2.75) is 19.8 Å². The lowest BCUT2D eigenvalue weighted by atomic mass is 10.2. The molecule has 1 amide bonds. The highest BCUT2D eigenvalue weighted by Gasteiger charge is 2.21. The number of halogens is 2. The minimum Gasteiger partial charge on any atom is -0.476 e. The maximum Gasteiger partial charge on any atom is 0.312 e. The first-order chi connectivity index (χ1) is 15.2. The third-order valence-electron chi connectivity index (χ3n) is 4.27. The van der Waals surface area contributed by atoms with Crippen molar-refractivity contribution in [3.8, 4) is 5.75 Å². The Hall–Kier alpha value is -3.12. The molecule has 0 saturated carbocycles. The van der Waals surface area contributed by atoms with Crippen LogP contribution in [0.25, 0.3) is 10.9 Å². The van der Waals surface area contributed by atoms with Crippen molar-refractivity contribution in [1.29, 1.82) is 0 Å². The summed E-state index contributed by atoms with van der Waals surface area (Å²) in [5, 5.41) is 16.1. The predicted molar refractivity (Wildman–Crippen MR) is 126 cm³/mol. The molecule has 0 aliphatic heterocycles. The second-order valence-corrected chi connectivity index (χ2v) is 8.43. The second-order valence-electron chi connectivity index (χ2n) is 6.66. The van der Waals surface area contributed by atoms with Crippen LogP contribution in [0.5, 0.6) is 5.75 Å². The fourth-order valence-electron chi connectivity index (χ4n) is 2.92. The summed E-state index contributed by atoms with van der Waals surface area (Å²) in [6.45, 7) is 1.44. The number of carbonyl (C=O) groups excluding carboxylic acids is 1. The number of benzene rings is 2. The Morgan fingerprint density at radius 2 is 2.09 bits per heavy atom. The number of carbonyl (C=O) groups is 1. The van der Waals surface area contributed by atoms with E-state index in [1.54, 1.807) is 18.2 Å². The van der Waals surface area contributed by atoms with Crippen LogP contribution in [0.2, 0.25) is 0 Å². The highest BCUT2D eigenvalue weighted by molar-refractivity contribution is 9.10. The smallest absolute Gasteiger partial charge is 0.312 e. The SMILES string of the molecule is CCCc1nc2ccc(Br)cc2c(=O)n1N=Cc1cc(Br)c(OCC(N)=O)c([N+](=O)[O-])c1. The van der Waals surface area contributed by atoms with Gasteiger partial charge in [-0.25, -0.2) is 4.98 Å². The monoisotopic (exact) mass is 565 g/mol. The fraction of sp³-hybridized carbons (Fsp3) is 0.200. The fourth-order valence-corrected chi connectivity index (χ4v) is 3.86. The first-order valence-electron chi connectivity index (χ1n) is 9.35. The van der Waals surface area contributed by atoms with Crippen molar-refractivity contribution < 1.29 is 14.5 Å². The number of rotatable bonds is 8. The number of hydrogen-bond donors (Lipinski definition) is 1. The van der Waals surface area contributed by atoms with E-state index in [4.69, 9.17) is 10.5 Å². The largest absolute Gasteiger partial charge is 0.476 e. The highest BCUT2D eigenvalue weighted by atomic mass is 79.9. The summed E-state index contributed by atoms with van der Waals surface area (Å²) in [6.07, 6.45) is 2.58. The van der Waals surface area contributed by atoms with E-state index in [-0.39, 0.29) is 21.5 Å². The molecule has 0 atom stereocenters. The van der Waals surface area contributed by atoms with E-state index >= 15 is 0 Å². The molecule has 0 unspecified atom stereocenters. The molecule has 0 aliphatic rings. The van der Waals surface area contributed by atoms with Crippen LogP contribution >= 0.6 is 31.9 Å². The number of hydrogen-bond acceptors (Lipinski definition) is 7. The molecule has 12 heteroatoms. The van der Waals surface area contributed by atoms with Crippen molar-refractivity contribution in [2.24, 2.45) is 10.8 Å². The Labute approximate surface area is 198 Å². The van der Waals surface area contributed by atoms with E-state index in [1.165, 1.54) is 23.0 Å². The normalized spacial score (nSPS) is 11.2. The third-order valence-corrected chi connectivity index (χ3v) is 5.36. The second kappa shape index (κ2) is 10.0. The summed E-state index contributed by atoms with van der Waals surface area (Å²) in [5.41, 5.74) is 5.20. The number of nitro benzene ring substituents is 1. The predicted octanol–water partition coefficient (Wildman–Crippen LogP) is 3.53. The standard InChI is InChI=1S/C20H17Br2N5O5/c1-2-3-18-25-15-5-4-12(21)8-13(15)20(29)26(18)24-9-11-6-14(22)19(32-10-17(23)28)16(7-11)27(30)31/h4-9H,2-3,10H2,1H3,(H2,23,28). The third kappa shape index (κ3) is 5.19. The molecule has 0 bridgehead atoms. The molecular weight excluding hydrogens is 550 g/mol. The van der Waals surface area contributed by atoms with Crippen LogP contribution < -0.4 is 16.0 Å². The maximum absolute atomic E-state index is 13.0. The van der Waals surface area contributed by atoms with Crippen molar-refractivity contribution >= 4 is 60.6 Å². The van der Waals surface area contributed by atoms with Gasteiger partial charge in [-0.2, -0.15) is 9.78 Å². The number of ether oxygens (including phenoxy) is 1. The van der Waals surface area contributed by atoms with Gasteiger partial charge in [0.15, 0.2) is 6.61 Å². The molecule has 1 aromatic heterocycles. The van der Waals surface area contributed by atoms with Crippen LogP contribution in [-0.4, -0.2) is 33.3 Å². The van der Waals surface area contributed by atoms with E-state index in [2.05, 4.69) is 41.9 Å². The molecule has 2 N–H and O–H groups in total. The van der Waals surface area contributed by atoms with Crippen LogP contribution in [-0.2, 0) is 11.2 Å². The van der Waals surface area contributed by atoms with Crippen molar-refractivity contribution in [1.82, 2.24) is 9.66 Å². The zero-order chi connectivity index (χ0) is 23.4. The zero-order valence-electron chi connectivity index (χ0n) is 16.7. The molecule has 0 saturated heterocycles. The quantitative estimate of drug-likeness (QED) is 0.251. The summed E-state index contributed by atoms with van der Waals surface area (Å²) in [5.74, 6) is -0.430. The molecule has 0 spiro atoms. The van der Waals surface area contributed by atoms with E-state index < -0.39 is 17.4 Å². The van der Waals surface area contributed by atoms with Crippen molar-refractivity contribution in [2.75, 3.05) is 6.61 Å². The molecule has 3 rings (SSSR count). The van der Waals surface area contributed by atoms with Crippen LogP contribution in [0.1, 0.15) is 24.7 Å². The first-order valence-corrected chi connectivity index (χ1v) is 10.9. The summed E-state index contributed by atoms with van der Waals surface area (Å²) in [7, 11) is 0. The van der Waals surface area contributed by atoms with Gasteiger partial charge in [-0.05, 0) is 46.6 Å². The van der Waals surface area contributed by atoms with Crippen LogP contribution in [0.4, 0.5) is 5.69 Å². The molecule has 32 heavy (non-hydrogen) atoms. The van der Waals surface area contributed by atoms with Gasteiger partial charge in [0.05, 0.1) is 26.5 Å². The molecule has 10 nitrogen and oxygen atoms in total. The number of aryl methyl sites for hydroxylation is 1. The van der Waals surface area contributed by atoms with Gasteiger partial charge in [0, 0.05) is 22.5 Å². The average molecular weight is 567 g/mol. The van der Waals surface area contributed by atoms with Gasteiger partial charge in [-0.1, -0.05) is 22.9 Å². The van der Waals surface area contributed by atoms with Gasteiger partial charge < -0.3 is 10.5 Å². The van der Waals surface area contributed by atoms with Crippen LogP contribution in [0, 0.1) is 10.1 Å². The van der Waals surface area contributed by atoms with Gasteiger partial charge in [0.2, 0.25) is 5.75 Å². The Bertz CT molecular complexity index is 1310. The van der Waals surface area contributed by atoms with Crippen LogP contribution in [0.3, 0.4) is 0 Å². The van der Waals surface area contributed by atoms with Gasteiger partial charge >= 0.3 is 5.69 Å². The number of nitrogens with two attached hydrogens (primary N) is 1. The number of primary amides is 1. The van der Waals surface area contributed by atoms with Gasteiger partial charge in [0.25, 0.3) is 11.5 Å². The summed E-state index contributed by atoms with van der Waals surface area (Å²) >= 11 is 6.56. The molecule has 3 aromatic rings. The summed E-state index contributed by atoms with van der Waals surface area (Å²) < 4.78 is 7.31. The Morgan fingerprint density at radius 3 is 2.75 bits per heavy atom. The molecule has 0 aliphatic carbocycles. The minimum atomic E-state index is -0.768. The van der Waals surface area contributed by atoms with Crippen LogP contribution in [0.15, 0.2) is 49.2 Å². The van der Waals surface area contributed by atoms with Gasteiger partial charge in [-0.3, -0.25) is 19.7 Å². The van der Waals surface area contributed by atoms with Crippen molar-refractivity contribution in [3.63, 3.8) is 0 Å². The number of amides is 1. The van der Waals surface area contributed by atoms with Gasteiger partial charge in [-0.15, -0.1) is 0 Å². The minimum absolute atomic E-state index is 0.132. The zero-order valence-corrected chi connectivity index (χ0v) is 19.9. The average Bonchev–Trinajstić information content (AvgIpc) is 2.73. The lowest BCUT2D eigenvalue weighted by Gasteiger charge is -2.09. The lowest BCUT2D eigenvalue weighted by Crippen LogP contribution is -2.22. The number of nitro groups is 1. The Kier molecular flexibility index (Phi) is 7.36. The molecule has 0 fully saturated rings. The first kappa shape index (κ1) is 23.5. The van der Waals surface area contributed by atoms with Gasteiger partial charge in [0.1, 0.15) is 5.82 Å². The van der Waals surface area contributed by atoms with E-state index in [9.17, 15) is 19.7 Å². The number of aromatic nitrogens is 2. The van der Waals surface area contributed by atoms with E-state index in [0.29, 0.717) is 28.7 Å². The Balaban J connectivity index is 2.09. The molecule has 1 heterocycles. The number of fused-ring (bicyclic) bond motifs is 1. The maximum atomic E-state index is 13.0. The van der Waals surface area contributed by atoms with E-state index in [1.807, 2.05) is 6.92 Å². The topological polar surface area (TPSA) is 143 Å².